The van der Waals surface area contributed by atoms with Crippen molar-refractivity contribution in [2.75, 3.05) is 31.1 Å². The molecule has 0 saturated carbocycles. The van der Waals surface area contributed by atoms with E-state index in [0.717, 1.165) is 5.69 Å². The number of rotatable bonds is 7. The number of esters is 1. The molecule has 0 aromatic heterocycles. The molecular formula is C17H22ClN3O4. The molecule has 1 atom stereocenters. The molecule has 1 aliphatic rings. The van der Waals surface area contributed by atoms with Crippen molar-refractivity contribution in [3.63, 3.8) is 0 Å². The summed E-state index contributed by atoms with van der Waals surface area (Å²) in [5, 5.41) is 5.94. The van der Waals surface area contributed by atoms with E-state index in [4.69, 9.17) is 16.3 Å². The third kappa shape index (κ3) is 5.94. The third-order valence-electron chi connectivity index (χ3n) is 3.81. The Balaban J connectivity index is 1.71. The first-order chi connectivity index (χ1) is 12.0. The van der Waals surface area contributed by atoms with Gasteiger partial charge in [-0.3, -0.25) is 9.59 Å². The van der Waals surface area contributed by atoms with E-state index in [1.165, 1.54) is 0 Å². The van der Waals surface area contributed by atoms with Crippen molar-refractivity contribution in [3.05, 3.63) is 29.3 Å². The number of nitrogens with zero attached hydrogens (tertiary/aromatic N) is 1. The summed E-state index contributed by atoms with van der Waals surface area (Å²) >= 11 is 5.86. The molecule has 0 spiro atoms. The molecule has 8 heteroatoms. The lowest BCUT2D eigenvalue weighted by molar-refractivity contribution is -0.142. The number of urea groups is 1. The second-order valence-corrected chi connectivity index (χ2v) is 6.18. The Morgan fingerprint density at radius 2 is 2.00 bits per heavy atom. The average molecular weight is 368 g/mol. The zero-order valence-corrected chi connectivity index (χ0v) is 14.8. The van der Waals surface area contributed by atoms with Crippen LogP contribution in [0.15, 0.2) is 24.3 Å². The van der Waals surface area contributed by atoms with Crippen LogP contribution in [0.1, 0.15) is 19.8 Å². The Labute approximate surface area is 151 Å². The largest absolute Gasteiger partial charge is 0.466 e. The summed E-state index contributed by atoms with van der Waals surface area (Å²) in [7, 11) is 0. The van der Waals surface area contributed by atoms with Gasteiger partial charge in [-0.05, 0) is 31.2 Å². The first-order valence-corrected chi connectivity index (χ1v) is 8.60. The van der Waals surface area contributed by atoms with E-state index in [1.807, 2.05) is 0 Å². The molecule has 0 radical (unpaired) electrons. The number of hydrogen-bond donors (Lipinski definition) is 2. The minimum Gasteiger partial charge on any atom is -0.466 e. The van der Waals surface area contributed by atoms with E-state index in [0.29, 0.717) is 31.1 Å². The molecule has 1 aromatic carbocycles. The maximum atomic E-state index is 12.1. The molecule has 1 aliphatic heterocycles. The van der Waals surface area contributed by atoms with Gasteiger partial charge < -0.3 is 20.3 Å². The normalized spacial score (nSPS) is 16.6. The molecule has 1 aromatic rings. The van der Waals surface area contributed by atoms with Crippen LogP contribution in [0.2, 0.25) is 5.02 Å². The van der Waals surface area contributed by atoms with Crippen molar-refractivity contribution in [2.24, 2.45) is 5.92 Å². The quantitative estimate of drug-likeness (QED) is 0.721. The monoisotopic (exact) mass is 367 g/mol. The van der Waals surface area contributed by atoms with Crippen LogP contribution in [-0.4, -0.2) is 44.1 Å². The van der Waals surface area contributed by atoms with Crippen LogP contribution < -0.4 is 15.5 Å². The van der Waals surface area contributed by atoms with Crippen molar-refractivity contribution in [1.82, 2.24) is 10.6 Å². The summed E-state index contributed by atoms with van der Waals surface area (Å²) in [5.41, 5.74) is 0.802. The number of amides is 3. The molecule has 1 saturated heterocycles. The van der Waals surface area contributed by atoms with Gasteiger partial charge in [-0.1, -0.05) is 11.6 Å². The fourth-order valence-electron chi connectivity index (χ4n) is 2.60. The molecular weight excluding hydrogens is 346 g/mol. The van der Waals surface area contributed by atoms with Gasteiger partial charge in [-0.2, -0.15) is 0 Å². The van der Waals surface area contributed by atoms with Crippen LogP contribution in [0.3, 0.4) is 0 Å². The van der Waals surface area contributed by atoms with Gasteiger partial charge in [0, 0.05) is 42.7 Å². The highest BCUT2D eigenvalue weighted by atomic mass is 35.5. The van der Waals surface area contributed by atoms with E-state index < -0.39 is 0 Å². The van der Waals surface area contributed by atoms with Gasteiger partial charge in [-0.25, -0.2) is 4.79 Å². The number of nitrogens with one attached hydrogen (secondary N) is 2. The first-order valence-electron chi connectivity index (χ1n) is 8.23. The number of hydrogen-bond acceptors (Lipinski definition) is 4. The van der Waals surface area contributed by atoms with Crippen LogP contribution in [0, 0.1) is 5.92 Å². The van der Waals surface area contributed by atoms with Crippen molar-refractivity contribution in [3.8, 4) is 0 Å². The lowest BCUT2D eigenvalue weighted by atomic mass is 10.1. The van der Waals surface area contributed by atoms with Crippen molar-refractivity contribution < 1.29 is 19.1 Å². The Kier molecular flexibility index (Phi) is 7.06. The van der Waals surface area contributed by atoms with Gasteiger partial charge in [0.15, 0.2) is 0 Å². The SMILES string of the molecule is CCOC(=O)CCNC(=O)NC[C@@H]1CC(=O)N(c2ccc(Cl)cc2)C1. The van der Waals surface area contributed by atoms with Gasteiger partial charge in [0.05, 0.1) is 13.0 Å². The highest BCUT2D eigenvalue weighted by Crippen LogP contribution is 2.25. The smallest absolute Gasteiger partial charge is 0.314 e. The topological polar surface area (TPSA) is 87.7 Å². The predicted molar refractivity (Wildman–Crippen MR) is 94.6 cm³/mol. The van der Waals surface area contributed by atoms with Crippen LogP contribution >= 0.6 is 11.6 Å². The van der Waals surface area contributed by atoms with Crippen molar-refractivity contribution in [1.29, 1.82) is 0 Å². The van der Waals surface area contributed by atoms with Gasteiger partial charge >= 0.3 is 12.0 Å². The van der Waals surface area contributed by atoms with Crippen molar-refractivity contribution in [2.45, 2.75) is 19.8 Å². The lowest BCUT2D eigenvalue weighted by Crippen LogP contribution is -2.39. The summed E-state index contributed by atoms with van der Waals surface area (Å²) in [6.07, 6.45) is 0.513. The molecule has 0 bridgehead atoms. The molecule has 0 aliphatic carbocycles. The second-order valence-electron chi connectivity index (χ2n) is 5.74. The molecule has 7 nitrogen and oxygen atoms in total. The fourth-order valence-corrected chi connectivity index (χ4v) is 2.73. The molecule has 3 amide bonds. The predicted octanol–water partition coefficient (Wildman–Crippen LogP) is 1.95. The number of carbonyl (C=O) groups is 3. The zero-order valence-electron chi connectivity index (χ0n) is 14.1. The highest BCUT2D eigenvalue weighted by molar-refractivity contribution is 6.30. The average Bonchev–Trinajstić information content (AvgIpc) is 2.95. The minimum atomic E-state index is -0.360. The highest BCUT2D eigenvalue weighted by Gasteiger charge is 2.30. The van der Waals surface area contributed by atoms with Gasteiger partial charge in [0.25, 0.3) is 0 Å². The molecule has 2 N–H and O–H groups in total. The van der Waals surface area contributed by atoms with Gasteiger partial charge in [0.2, 0.25) is 5.91 Å². The van der Waals surface area contributed by atoms with E-state index in [9.17, 15) is 14.4 Å². The maximum Gasteiger partial charge on any atom is 0.314 e. The zero-order chi connectivity index (χ0) is 18.2. The second kappa shape index (κ2) is 9.27. The summed E-state index contributed by atoms with van der Waals surface area (Å²) in [6, 6.07) is 6.73. The van der Waals surface area contributed by atoms with E-state index in [2.05, 4.69) is 10.6 Å². The standard InChI is InChI=1S/C17H22ClN3O4/c1-2-25-16(23)7-8-19-17(24)20-10-12-9-15(22)21(11-12)14-5-3-13(18)4-6-14/h3-6,12H,2,7-11H2,1H3,(H2,19,20,24)/t12-/m0/s1. The maximum absolute atomic E-state index is 12.1. The summed E-state index contributed by atoms with van der Waals surface area (Å²) in [6.45, 7) is 3.20. The minimum absolute atomic E-state index is 0.0249. The number of ether oxygens (including phenoxy) is 1. The molecule has 0 unspecified atom stereocenters. The van der Waals surface area contributed by atoms with Crippen LogP contribution in [-0.2, 0) is 14.3 Å². The Bertz CT molecular complexity index is 621. The summed E-state index contributed by atoms with van der Waals surface area (Å²) < 4.78 is 4.78. The van der Waals surface area contributed by atoms with Crippen LogP contribution in [0.5, 0.6) is 0 Å². The number of halogens is 1. The van der Waals surface area contributed by atoms with Crippen molar-refractivity contribution >= 4 is 35.2 Å². The summed E-state index contributed by atoms with van der Waals surface area (Å²) in [4.78, 5) is 36.7. The Morgan fingerprint density at radius 3 is 2.68 bits per heavy atom. The molecule has 25 heavy (non-hydrogen) atoms. The summed E-state index contributed by atoms with van der Waals surface area (Å²) in [5.74, 6) is -0.279. The number of anilines is 1. The molecule has 136 valence electrons. The lowest BCUT2D eigenvalue weighted by Gasteiger charge is -2.17. The molecule has 1 heterocycles. The molecule has 2 rings (SSSR count). The Morgan fingerprint density at radius 1 is 1.28 bits per heavy atom. The molecule has 1 fully saturated rings. The fraction of sp³-hybridized carbons (Fsp3) is 0.471. The van der Waals surface area contributed by atoms with Gasteiger partial charge in [-0.15, -0.1) is 0 Å². The first kappa shape index (κ1) is 19.1. The van der Waals surface area contributed by atoms with Crippen LogP contribution in [0.4, 0.5) is 10.5 Å². The van der Waals surface area contributed by atoms with E-state index in [1.54, 1.807) is 36.1 Å². The van der Waals surface area contributed by atoms with E-state index >= 15 is 0 Å². The number of benzene rings is 1. The third-order valence-corrected chi connectivity index (χ3v) is 4.07. The number of carbonyl (C=O) groups excluding carboxylic acids is 3. The van der Waals surface area contributed by atoms with Gasteiger partial charge in [0.1, 0.15) is 0 Å². The Hall–Kier alpha value is -2.28. The van der Waals surface area contributed by atoms with Crippen LogP contribution in [0.25, 0.3) is 0 Å². The van der Waals surface area contributed by atoms with E-state index in [-0.39, 0.29) is 36.8 Å².